The van der Waals surface area contributed by atoms with Crippen LogP contribution in [0.1, 0.15) is 44.1 Å². The second-order valence-electron chi connectivity index (χ2n) is 6.36. The minimum atomic E-state index is -0.481. The first-order valence-corrected chi connectivity index (χ1v) is 8.38. The van der Waals surface area contributed by atoms with Crippen LogP contribution in [-0.2, 0) is 20.8 Å². The zero-order chi connectivity index (χ0) is 15.3. The number of hydrogen-bond acceptors (Lipinski definition) is 4. The third kappa shape index (κ3) is 4.07. The average Bonchev–Trinajstić information content (AvgIpc) is 2.56. The van der Waals surface area contributed by atoms with E-state index in [2.05, 4.69) is 12.1 Å². The topological polar surface area (TPSA) is 47.9 Å². The van der Waals surface area contributed by atoms with Crippen LogP contribution in [0.5, 0.6) is 0 Å². The number of benzene rings is 1. The Hall–Kier alpha value is -0.940. The van der Waals surface area contributed by atoms with Crippen LogP contribution in [0.4, 0.5) is 0 Å². The molecule has 1 aromatic rings. The minimum absolute atomic E-state index is 0.0715. The highest BCUT2D eigenvalue weighted by Crippen LogP contribution is 2.39. The Morgan fingerprint density at radius 2 is 1.73 bits per heavy atom. The van der Waals surface area contributed by atoms with Crippen molar-refractivity contribution in [1.82, 2.24) is 0 Å². The second kappa shape index (κ2) is 7.55. The van der Waals surface area contributed by atoms with Gasteiger partial charge in [0.2, 0.25) is 0 Å². The highest BCUT2D eigenvalue weighted by atomic mass is 16.7. The van der Waals surface area contributed by atoms with Gasteiger partial charge in [-0.15, -0.1) is 0 Å². The van der Waals surface area contributed by atoms with Gasteiger partial charge in [0, 0.05) is 12.8 Å². The van der Waals surface area contributed by atoms with Crippen LogP contribution in [0.25, 0.3) is 0 Å². The first-order valence-electron chi connectivity index (χ1n) is 8.38. The van der Waals surface area contributed by atoms with Crippen LogP contribution in [0.2, 0.25) is 0 Å². The van der Waals surface area contributed by atoms with E-state index in [0.717, 1.165) is 38.5 Å². The van der Waals surface area contributed by atoms with Gasteiger partial charge in [-0.3, -0.25) is 0 Å². The number of hydrogen-bond donors (Lipinski definition) is 1. The number of aliphatic hydroxyl groups is 1. The maximum Gasteiger partial charge on any atom is 0.169 e. The molecular formula is C18H26O4. The highest BCUT2D eigenvalue weighted by Gasteiger charge is 2.42. The summed E-state index contributed by atoms with van der Waals surface area (Å²) in [6, 6.07) is 10.2. The summed E-state index contributed by atoms with van der Waals surface area (Å²) in [7, 11) is 0. The standard InChI is InChI=1S/C18H26O4/c19-12-16-8-4-10-18(21-16)11-5-9-17(22-18)14-20-13-15-6-2-1-3-7-15/h1-3,6-7,16-17,19H,4-5,8-14H2/t16-,17-,18-/m0/s1. The lowest BCUT2D eigenvalue weighted by Crippen LogP contribution is -2.49. The molecule has 2 saturated heterocycles. The van der Waals surface area contributed by atoms with Crippen molar-refractivity contribution in [1.29, 1.82) is 0 Å². The lowest BCUT2D eigenvalue weighted by atomic mass is 9.93. The van der Waals surface area contributed by atoms with E-state index >= 15 is 0 Å². The largest absolute Gasteiger partial charge is 0.394 e. The Labute approximate surface area is 132 Å². The molecule has 0 amide bonds. The molecular weight excluding hydrogens is 280 g/mol. The molecule has 4 heteroatoms. The summed E-state index contributed by atoms with van der Waals surface area (Å²) in [5.41, 5.74) is 1.18. The Morgan fingerprint density at radius 1 is 1.05 bits per heavy atom. The van der Waals surface area contributed by atoms with Gasteiger partial charge in [-0.2, -0.15) is 0 Å². The molecule has 1 aromatic carbocycles. The molecule has 3 atom stereocenters. The summed E-state index contributed by atoms with van der Waals surface area (Å²) in [5.74, 6) is -0.481. The van der Waals surface area contributed by atoms with Crippen LogP contribution < -0.4 is 0 Å². The van der Waals surface area contributed by atoms with E-state index in [9.17, 15) is 5.11 Å². The van der Waals surface area contributed by atoms with Gasteiger partial charge in [-0.25, -0.2) is 0 Å². The molecule has 2 heterocycles. The van der Waals surface area contributed by atoms with Crippen molar-refractivity contribution < 1.29 is 19.3 Å². The third-order valence-corrected chi connectivity index (χ3v) is 4.55. The highest BCUT2D eigenvalue weighted by molar-refractivity contribution is 5.13. The number of ether oxygens (including phenoxy) is 3. The Morgan fingerprint density at radius 3 is 2.45 bits per heavy atom. The summed E-state index contributed by atoms with van der Waals surface area (Å²) < 4.78 is 18.1. The average molecular weight is 306 g/mol. The summed E-state index contributed by atoms with van der Waals surface area (Å²) in [4.78, 5) is 0. The van der Waals surface area contributed by atoms with E-state index in [-0.39, 0.29) is 18.8 Å². The zero-order valence-electron chi connectivity index (χ0n) is 13.1. The predicted molar refractivity (Wildman–Crippen MR) is 83.4 cm³/mol. The van der Waals surface area contributed by atoms with Crippen molar-refractivity contribution in [2.24, 2.45) is 0 Å². The van der Waals surface area contributed by atoms with Gasteiger partial charge in [0.05, 0.1) is 32.0 Å². The molecule has 0 unspecified atom stereocenters. The molecule has 22 heavy (non-hydrogen) atoms. The molecule has 2 fully saturated rings. The van der Waals surface area contributed by atoms with Crippen LogP contribution in [0, 0.1) is 0 Å². The Balaban J connectivity index is 1.48. The van der Waals surface area contributed by atoms with Crippen molar-refractivity contribution in [3.63, 3.8) is 0 Å². The van der Waals surface area contributed by atoms with Gasteiger partial charge in [-0.1, -0.05) is 30.3 Å². The number of aliphatic hydroxyl groups excluding tert-OH is 1. The van der Waals surface area contributed by atoms with Crippen LogP contribution >= 0.6 is 0 Å². The molecule has 0 saturated carbocycles. The van der Waals surface area contributed by atoms with E-state index in [1.807, 2.05) is 18.2 Å². The SMILES string of the molecule is OC[C@@H]1CCC[C@]2(CCC[C@@H](COCc3ccccc3)O2)O1. The molecule has 1 N–H and O–H groups in total. The quantitative estimate of drug-likeness (QED) is 0.908. The lowest BCUT2D eigenvalue weighted by molar-refractivity contribution is -0.322. The molecule has 122 valence electrons. The molecule has 3 rings (SSSR count). The van der Waals surface area contributed by atoms with E-state index in [0.29, 0.717) is 13.2 Å². The molecule has 4 nitrogen and oxygen atoms in total. The first kappa shape index (κ1) is 15.9. The third-order valence-electron chi connectivity index (χ3n) is 4.55. The lowest BCUT2D eigenvalue weighted by Gasteiger charge is -2.45. The van der Waals surface area contributed by atoms with Gasteiger partial charge in [0.1, 0.15) is 0 Å². The minimum Gasteiger partial charge on any atom is -0.394 e. The maximum atomic E-state index is 9.33. The van der Waals surface area contributed by atoms with E-state index in [1.165, 1.54) is 5.56 Å². The molecule has 0 aliphatic carbocycles. The van der Waals surface area contributed by atoms with Crippen LogP contribution in [0.3, 0.4) is 0 Å². The van der Waals surface area contributed by atoms with Gasteiger partial charge < -0.3 is 19.3 Å². The first-order chi connectivity index (χ1) is 10.8. The van der Waals surface area contributed by atoms with E-state index in [4.69, 9.17) is 14.2 Å². The van der Waals surface area contributed by atoms with Crippen molar-refractivity contribution in [2.45, 2.75) is 63.1 Å². The summed E-state index contributed by atoms with van der Waals surface area (Å²) in [5, 5.41) is 9.33. The van der Waals surface area contributed by atoms with Crippen molar-refractivity contribution in [3.05, 3.63) is 35.9 Å². The monoisotopic (exact) mass is 306 g/mol. The molecule has 2 aliphatic heterocycles. The van der Waals surface area contributed by atoms with Gasteiger partial charge in [0.15, 0.2) is 5.79 Å². The van der Waals surface area contributed by atoms with E-state index < -0.39 is 5.79 Å². The fourth-order valence-corrected chi connectivity index (χ4v) is 3.44. The van der Waals surface area contributed by atoms with Crippen molar-refractivity contribution >= 4 is 0 Å². The molecule has 2 aliphatic rings. The summed E-state index contributed by atoms with van der Waals surface area (Å²) in [6.07, 6.45) is 5.98. The van der Waals surface area contributed by atoms with Gasteiger partial charge >= 0.3 is 0 Å². The normalized spacial score (nSPS) is 32.2. The van der Waals surface area contributed by atoms with Crippen molar-refractivity contribution in [2.75, 3.05) is 13.2 Å². The summed E-state index contributed by atoms with van der Waals surface area (Å²) >= 11 is 0. The zero-order valence-corrected chi connectivity index (χ0v) is 13.1. The smallest absolute Gasteiger partial charge is 0.169 e. The fraction of sp³-hybridized carbons (Fsp3) is 0.667. The van der Waals surface area contributed by atoms with Gasteiger partial charge in [-0.05, 0) is 31.2 Å². The van der Waals surface area contributed by atoms with Crippen molar-refractivity contribution in [3.8, 4) is 0 Å². The van der Waals surface area contributed by atoms with Crippen LogP contribution in [-0.4, -0.2) is 36.3 Å². The van der Waals surface area contributed by atoms with Gasteiger partial charge in [0.25, 0.3) is 0 Å². The Bertz CT molecular complexity index is 446. The molecule has 0 bridgehead atoms. The Kier molecular flexibility index (Phi) is 5.47. The summed E-state index contributed by atoms with van der Waals surface area (Å²) in [6.45, 7) is 1.30. The molecule has 0 radical (unpaired) electrons. The maximum absolute atomic E-state index is 9.33. The molecule has 0 aromatic heterocycles. The number of rotatable bonds is 5. The fourth-order valence-electron chi connectivity index (χ4n) is 3.44. The molecule has 1 spiro atoms. The van der Waals surface area contributed by atoms with Crippen LogP contribution in [0.15, 0.2) is 30.3 Å². The predicted octanol–water partition coefficient (Wildman–Crippen LogP) is 3.03. The van der Waals surface area contributed by atoms with E-state index in [1.54, 1.807) is 0 Å². The second-order valence-corrected chi connectivity index (χ2v) is 6.36.